The maximum atomic E-state index is 12.8. The molecule has 1 aromatic carbocycles. The predicted molar refractivity (Wildman–Crippen MR) is 128 cm³/mol. The molecule has 8 nitrogen and oxygen atoms in total. The Balaban J connectivity index is 1.17. The molecule has 0 aromatic heterocycles. The van der Waals surface area contributed by atoms with Gasteiger partial charge in [0, 0.05) is 64.5 Å². The van der Waals surface area contributed by atoms with Gasteiger partial charge >= 0.3 is 0 Å². The van der Waals surface area contributed by atoms with Gasteiger partial charge < -0.3 is 24.4 Å². The molecule has 0 spiro atoms. The molecule has 3 saturated heterocycles. The van der Waals surface area contributed by atoms with Crippen molar-refractivity contribution in [2.45, 2.75) is 31.5 Å². The number of carbonyl (C=O) groups excluding carboxylic acids is 1. The Morgan fingerprint density at radius 3 is 2.36 bits per heavy atom. The van der Waals surface area contributed by atoms with Gasteiger partial charge in [-0.3, -0.25) is 14.6 Å². The molecule has 1 N–H and O–H groups in total. The predicted octanol–water partition coefficient (Wildman–Crippen LogP) is 1.00. The van der Waals surface area contributed by atoms with Crippen LogP contribution in [0.15, 0.2) is 24.3 Å². The molecular formula is C25H40N4O4. The number of methoxy groups -OCH3 is 1. The van der Waals surface area contributed by atoms with Gasteiger partial charge in [0.25, 0.3) is 5.91 Å². The van der Waals surface area contributed by atoms with E-state index in [-0.39, 0.29) is 18.1 Å². The molecule has 1 aromatic rings. The fraction of sp³-hybridized carbons (Fsp3) is 0.720. The van der Waals surface area contributed by atoms with E-state index in [1.54, 1.807) is 7.11 Å². The summed E-state index contributed by atoms with van der Waals surface area (Å²) in [4.78, 5) is 21.9. The quantitative estimate of drug-likeness (QED) is 0.621. The highest BCUT2D eigenvalue weighted by Crippen LogP contribution is 2.16. The zero-order valence-electron chi connectivity index (χ0n) is 20.0. The van der Waals surface area contributed by atoms with Crippen LogP contribution in [-0.4, -0.2) is 129 Å². The van der Waals surface area contributed by atoms with Crippen LogP contribution >= 0.6 is 0 Å². The third-order valence-electron chi connectivity index (χ3n) is 7.07. The van der Waals surface area contributed by atoms with Crippen molar-refractivity contribution in [1.29, 1.82) is 0 Å². The molecule has 0 bridgehead atoms. The first-order chi connectivity index (χ1) is 16.1. The van der Waals surface area contributed by atoms with E-state index in [2.05, 4.69) is 14.7 Å². The van der Waals surface area contributed by atoms with E-state index < -0.39 is 0 Å². The fourth-order valence-corrected chi connectivity index (χ4v) is 5.19. The van der Waals surface area contributed by atoms with Crippen molar-refractivity contribution in [3.8, 4) is 5.75 Å². The van der Waals surface area contributed by atoms with Crippen LogP contribution in [0, 0.1) is 0 Å². The number of rotatable bonds is 8. The number of carbonyl (C=O) groups is 1. The zero-order chi connectivity index (χ0) is 23.0. The number of piperazine rings is 1. The van der Waals surface area contributed by atoms with E-state index in [0.717, 1.165) is 84.3 Å². The van der Waals surface area contributed by atoms with Crippen LogP contribution in [0.25, 0.3) is 0 Å². The second kappa shape index (κ2) is 12.1. The number of nitrogens with zero attached hydrogens (tertiary/aromatic N) is 4. The van der Waals surface area contributed by atoms with Gasteiger partial charge in [-0.2, -0.15) is 0 Å². The smallest absolute Gasteiger partial charge is 0.253 e. The molecule has 1 amide bonds. The lowest BCUT2D eigenvalue weighted by molar-refractivity contribution is -0.0586. The summed E-state index contributed by atoms with van der Waals surface area (Å²) in [5, 5.41) is 10.6. The summed E-state index contributed by atoms with van der Waals surface area (Å²) in [6, 6.07) is 7.33. The number of aliphatic hydroxyl groups is 1. The highest BCUT2D eigenvalue weighted by atomic mass is 16.5. The summed E-state index contributed by atoms with van der Waals surface area (Å²) >= 11 is 0. The van der Waals surface area contributed by atoms with Gasteiger partial charge in [0.05, 0.1) is 25.9 Å². The summed E-state index contributed by atoms with van der Waals surface area (Å²) in [5.74, 6) is 0.844. The molecule has 0 saturated carbocycles. The monoisotopic (exact) mass is 460 g/mol. The minimum Gasteiger partial charge on any atom is -0.497 e. The van der Waals surface area contributed by atoms with E-state index in [4.69, 9.17) is 9.47 Å². The Hall–Kier alpha value is -1.71. The standard InChI is InChI=1S/C25H40N4O4/c1-32-23-7-5-21(6-8-23)25(31)29-13-11-27(12-14-29)19-24-20-28(15-16-33-24)18-22(30)17-26-9-3-2-4-10-26/h5-8,22,24,30H,2-4,9-20H2,1H3. The minimum atomic E-state index is -0.297. The summed E-state index contributed by atoms with van der Waals surface area (Å²) in [6.07, 6.45) is 3.69. The molecule has 8 heteroatoms. The van der Waals surface area contributed by atoms with E-state index in [1.807, 2.05) is 29.2 Å². The zero-order valence-corrected chi connectivity index (χ0v) is 20.0. The lowest BCUT2D eigenvalue weighted by Crippen LogP contribution is -2.54. The normalized spacial score (nSPS) is 24.5. The topological polar surface area (TPSA) is 68.7 Å². The number of piperidine rings is 1. The van der Waals surface area contributed by atoms with Crippen LogP contribution in [0.2, 0.25) is 0 Å². The number of hydrogen-bond donors (Lipinski definition) is 1. The van der Waals surface area contributed by atoms with Gasteiger partial charge in [0.2, 0.25) is 0 Å². The number of likely N-dealkylation sites (tertiary alicyclic amines) is 1. The molecule has 33 heavy (non-hydrogen) atoms. The van der Waals surface area contributed by atoms with Crippen LogP contribution in [-0.2, 0) is 4.74 Å². The SMILES string of the molecule is COc1ccc(C(=O)N2CCN(CC3CN(CC(O)CN4CCCCC4)CCO3)CC2)cc1. The second-order valence-electron chi connectivity index (χ2n) is 9.59. The van der Waals surface area contributed by atoms with E-state index in [0.29, 0.717) is 5.56 Å². The number of ether oxygens (including phenoxy) is 2. The number of benzene rings is 1. The lowest BCUT2D eigenvalue weighted by Gasteiger charge is -2.40. The molecule has 3 fully saturated rings. The van der Waals surface area contributed by atoms with Gasteiger partial charge in [-0.05, 0) is 50.2 Å². The summed E-state index contributed by atoms with van der Waals surface area (Å²) in [5.41, 5.74) is 0.707. The first-order valence-electron chi connectivity index (χ1n) is 12.5. The van der Waals surface area contributed by atoms with E-state index in [9.17, 15) is 9.90 Å². The third kappa shape index (κ3) is 7.13. The molecule has 4 rings (SSSR count). The van der Waals surface area contributed by atoms with E-state index in [1.165, 1.54) is 19.3 Å². The second-order valence-corrected chi connectivity index (χ2v) is 9.59. The van der Waals surface area contributed by atoms with Crippen LogP contribution < -0.4 is 4.74 Å². The van der Waals surface area contributed by atoms with Gasteiger partial charge in [0.1, 0.15) is 5.75 Å². The molecular weight excluding hydrogens is 420 g/mol. The minimum absolute atomic E-state index is 0.0834. The first-order valence-corrected chi connectivity index (χ1v) is 12.5. The van der Waals surface area contributed by atoms with Crippen LogP contribution in [0.1, 0.15) is 29.6 Å². The molecule has 3 heterocycles. The number of morpholine rings is 1. The van der Waals surface area contributed by atoms with Crippen molar-refractivity contribution in [2.24, 2.45) is 0 Å². The van der Waals surface area contributed by atoms with Crippen LogP contribution in [0.5, 0.6) is 5.75 Å². The van der Waals surface area contributed by atoms with Gasteiger partial charge in [0.15, 0.2) is 0 Å². The molecule has 2 atom stereocenters. The fourth-order valence-electron chi connectivity index (χ4n) is 5.19. The van der Waals surface area contributed by atoms with Crippen molar-refractivity contribution in [3.63, 3.8) is 0 Å². The maximum absolute atomic E-state index is 12.8. The number of β-amino-alcohol motifs (C(OH)–C–C–N with tert-alkyl or cyclic N) is 1. The third-order valence-corrected chi connectivity index (χ3v) is 7.07. The number of aliphatic hydroxyl groups excluding tert-OH is 1. The Kier molecular flexibility index (Phi) is 8.97. The lowest BCUT2D eigenvalue weighted by atomic mass is 10.1. The van der Waals surface area contributed by atoms with Crippen molar-refractivity contribution in [2.75, 3.05) is 85.7 Å². The Labute approximate surface area is 198 Å². The van der Waals surface area contributed by atoms with Gasteiger partial charge in [-0.1, -0.05) is 6.42 Å². The average molecular weight is 461 g/mol. The number of hydrogen-bond acceptors (Lipinski definition) is 7. The highest BCUT2D eigenvalue weighted by molar-refractivity contribution is 5.94. The van der Waals surface area contributed by atoms with Crippen molar-refractivity contribution < 1.29 is 19.4 Å². The molecule has 0 aliphatic carbocycles. The maximum Gasteiger partial charge on any atom is 0.253 e. The van der Waals surface area contributed by atoms with Gasteiger partial charge in [-0.15, -0.1) is 0 Å². The molecule has 3 aliphatic heterocycles. The van der Waals surface area contributed by atoms with Crippen molar-refractivity contribution in [3.05, 3.63) is 29.8 Å². The first kappa shape index (κ1) is 24.4. The molecule has 0 radical (unpaired) electrons. The van der Waals surface area contributed by atoms with E-state index >= 15 is 0 Å². The Morgan fingerprint density at radius 1 is 0.970 bits per heavy atom. The van der Waals surface area contributed by atoms with Gasteiger partial charge in [-0.25, -0.2) is 0 Å². The Morgan fingerprint density at radius 2 is 1.67 bits per heavy atom. The van der Waals surface area contributed by atoms with Crippen LogP contribution in [0.4, 0.5) is 0 Å². The summed E-state index contributed by atoms with van der Waals surface area (Å²) in [6.45, 7) is 10.3. The van der Waals surface area contributed by atoms with Crippen LogP contribution in [0.3, 0.4) is 0 Å². The molecule has 3 aliphatic rings. The molecule has 2 unspecified atom stereocenters. The largest absolute Gasteiger partial charge is 0.497 e. The highest BCUT2D eigenvalue weighted by Gasteiger charge is 2.28. The molecule has 184 valence electrons. The number of amides is 1. The van der Waals surface area contributed by atoms with Crippen molar-refractivity contribution in [1.82, 2.24) is 19.6 Å². The Bertz CT molecular complexity index is 732. The van der Waals surface area contributed by atoms with Crippen molar-refractivity contribution >= 4 is 5.91 Å². The summed E-state index contributed by atoms with van der Waals surface area (Å²) < 4.78 is 11.2. The average Bonchev–Trinajstić information content (AvgIpc) is 2.85. The summed E-state index contributed by atoms with van der Waals surface area (Å²) in [7, 11) is 1.63.